The number of anilines is 1. The van der Waals surface area contributed by atoms with E-state index in [2.05, 4.69) is 5.32 Å². The molecule has 34 heavy (non-hydrogen) atoms. The topological polar surface area (TPSA) is 83.6 Å². The highest BCUT2D eigenvalue weighted by atomic mass is 32.2. The van der Waals surface area contributed by atoms with Gasteiger partial charge in [-0.2, -0.15) is 0 Å². The summed E-state index contributed by atoms with van der Waals surface area (Å²) in [6.45, 7) is 7.27. The Bertz CT molecular complexity index is 1420. The molecule has 0 fully saturated rings. The summed E-state index contributed by atoms with van der Waals surface area (Å²) in [7, 11) is -3.99. The Morgan fingerprint density at radius 2 is 1.50 bits per heavy atom. The summed E-state index contributed by atoms with van der Waals surface area (Å²) in [6.07, 6.45) is 0. The molecule has 3 aromatic rings. The van der Waals surface area contributed by atoms with E-state index in [9.17, 15) is 18.0 Å². The Hall–Kier alpha value is -3.71. The lowest BCUT2D eigenvalue weighted by atomic mass is 10.0. The summed E-state index contributed by atoms with van der Waals surface area (Å²) < 4.78 is 27.5. The summed E-state index contributed by atoms with van der Waals surface area (Å²) in [5.74, 6) is -0.802. The fraction of sp³-hybridized carbons (Fsp3) is 0.185. The molecule has 0 aliphatic carbocycles. The van der Waals surface area contributed by atoms with Gasteiger partial charge in [0, 0.05) is 16.8 Å². The van der Waals surface area contributed by atoms with Crippen LogP contribution >= 0.6 is 0 Å². The van der Waals surface area contributed by atoms with Crippen molar-refractivity contribution in [2.75, 3.05) is 5.32 Å². The molecule has 7 heteroatoms. The first-order chi connectivity index (χ1) is 16.1. The van der Waals surface area contributed by atoms with E-state index in [-0.39, 0.29) is 22.9 Å². The molecule has 1 N–H and O–H groups in total. The molecule has 2 amide bonds. The van der Waals surface area contributed by atoms with Crippen LogP contribution in [-0.4, -0.2) is 24.5 Å². The van der Waals surface area contributed by atoms with E-state index in [4.69, 9.17) is 0 Å². The van der Waals surface area contributed by atoms with E-state index in [0.717, 1.165) is 21.0 Å². The maximum Gasteiger partial charge on any atom is 0.268 e. The second-order valence-corrected chi connectivity index (χ2v) is 10.4. The zero-order chi connectivity index (χ0) is 24.6. The minimum Gasteiger partial charge on any atom is -0.322 e. The van der Waals surface area contributed by atoms with Gasteiger partial charge in [0.2, 0.25) is 0 Å². The van der Waals surface area contributed by atoms with Crippen molar-refractivity contribution in [2.45, 2.75) is 34.2 Å². The van der Waals surface area contributed by atoms with Crippen LogP contribution in [0.3, 0.4) is 0 Å². The highest BCUT2D eigenvalue weighted by Crippen LogP contribution is 2.37. The van der Waals surface area contributed by atoms with Crippen LogP contribution in [-0.2, 0) is 21.4 Å². The first-order valence-electron chi connectivity index (χ1n) is 10.9. The van der Waals surface area contributed by atoms with E-state index in [1.807, 2.05) is 51.1 Å². The van der Waals surface area contributed by atoms with Gasteiger partial charge < -0.3 is 5.32 Å². The fourth-order valence-electron chi connectivity index (χ4n) is 3.87. The number of rotatable bonds is 5. The quantitative estimate of drug-likeness (QED) is 0.566. The van der Waals surface area contributed by atoms with E-state index < -0.39 is 15.9 Å². The molecule has 1 aliphatic rings. The molecule has 6 nitrogen and oxygen atoms in total. The number of hydrogen-bond donors (Lipinski definition) is 1. The van der Waals surface area contributed by atoms with E-state index in [1.165, 1.54) is 0 Å². The lowest BCUT2D eigenvalue weighted by molar-refractivity contribution is -0.122. The molecule has 0 saturated carbocycles. The number of carbonyl (C=O) groups is 2. The van der Waals surface area contributed by atoms with Gasteiger partial charge >= 0.3 is 0 Å². The summed E-state index contributed by atoms with van der Waals surface area (Å²) in [4.78, 5) is 25.5. The third-order valence-corrected chi connectivity index (χ3v) is 7.99. The molecular weight excluding hydrogens is 448 g/mol. The number of hydrogen-bond acceptors (Lipinski definition) is 4. The van der Waals surface area contributed by atoms with Gasteiger partial charge in [0.25, 0.3) is 21.8 Å². The normalized spacial score (nSPS) is 15.1. The predicted octanol–water partition coefficient (Wildman–Crippen LogP) is 4.97. The SMILES string of the molecule is CC1=C(c2ccc(C)c(C)c2)S(=O)(=O)N(Cc2ccc(C(=O)Nc3ccc(C)cc3)cc2)C1=O. The van der Waals surface area contributed by atoms with Gasteiger partial charge in [0.05, 0.1) is 6.54 Å². The number of nitrogens with one attached hydrogen (secondary N) is 1. The van der Waals surface area contributed by atoms with Gasteiger partial charge in [0.1, 0.15) is 4.91 Å². The van der Waals surface area contributed by atoms with Gasteiger partial charge in [-0.05, 0) is 74.2 Å². The van der Waals surface area contributed by atoms with E-state index in [0.29, 0.717) is 22.4 Å². The zero-order valence-corrected chi connectivity index (χ0v) is 20.4. The molecule has 0 aromatic heterocycles. The fourth-order valence-corrected chi connectivity index (χ4v) is 5.66. The van der Waals surface area contributed by atoms with Crippen molar-refractivity contribution in [3.63, 3.8) is 0 Å². The Morgan fingerprint density at radius 1 is 0.853 bits per heavy atom. The molecule has 1 heterocycles. The van der Waals surface area contributed by atoms with Crippen molar-refractivity contribution in [3.05, 3.63) is 106 Å². The number of nitrogens with zero attached hydrogens (tertiary/aromatic N) is 1. The first-order valence-corrected chi connectivity index (χ1v) is 12.3. The van der Waals surface area contributed by atoms with Gasteiger partial charge in [-0.25, -0.2) is 12.7 Å². The lowest BCUT2D eigenvalue weighted by Crippen LogP contribution is -2.30. The van der Waals surface area contributed by atoms with Crippen LogP contribution in [0.4, 0.5) is 5.69 Å². The van der Waals surface area contributed by atoms with Gasteiger partial charge in [-0.1, -0.05) is 48.0 Å². The molecule has 0 atom stereocenters. The number of benzene rings is 3. The van der Waals surface area contributed by atoms with Crippen LogP contribution < -0.4 is 5.32 Å². The summed E-state index contributed by atoms with van der Waals surface area (Å²) >= 11 is 0. The molecule has 1 aliphatic heterocycles. The van der Waals surface area contributed by atoms with Gasteiger partial charge in [-0.3, -0.25) is 9.59 Å². The Labute approximate surface area is 200 Å². The van der Waals surface area contributed by atoms with E-state index in [1.54, 1.807) is 43.3 Å². The second kappa shape index (κ2) is 8.91. The number of amides is 2. The number of carbonyl (C=O) groups excluding carboxylic acids is 2. The van der Waals surface area contributed by atoms with Crippen LogP contribution in [0.15, 0.2) is 72.3 Å². The predicted molar refractivity (Wildman–Crippen MR) is 134 cm³/mol. The Morgan fingerprint density at radius 3 is 2.12 bits per heavy atom. The number of sulfonamides is 1. The maximum absolute atomic E-state index is 13.3. The summed E-state index contributed by atoms with van der Waals surface area (Å²) in [6, 6.07) is 19.4. The maximum atomic E-state index is 13.3. The van der Waals surface area contributed by atoms with Crippen molar-refractivity contribution >= 4 is 32.4 Å². The van der Waals surface area contributed by atoms with Crippen LogP contribution in [0.1, 0.15) is 45.1 Å². The Balaban J connectivity index is 1.52. The zero-order valence-electron chi connectivity index (χ0n) is 19.5. The van der Waals surface area contributed by atoms with Crippen LogP contribution in [0.5, 0.6) is 0 Å². The van der Waals surface area contributed by atoms with Crippen molar-refractivity contribution in [1.82, 2.24) is 4.31 Å². The highest BCUT2D eigenvalue weighted by Gasteiger charge is 2.42. The van der Waals surface area contributed by atoms with Crippen LogP contribution in [0, 0.1) is 20.8 Å². The van der Waals surface area contributed by atoms with Crippen molar-refractivity contribution in [2.24, 2.45) is 0 Å². The molecule has 0 unspecified atom stereocenters. The highest BCUT2D eigenvalue weighted by molar-refractivity contribution is 7.99. The van der Waals surface area contributed by atoms with Crippen LogP contribution in [0.25, 0.3) is 4.91 Å². The molecule has 0 radical (unpaired) electrons. The molecule has 0 spiro atoms. The smallest absolute Gasteiger partial charge is 0.268 e. The van der Waals surface area contributed by atoms with Crippen LogP contribution in [0.2, 0.25) is 0 Å². The standard InChI is InChI=1S/C27H26N2O4S/c1-17-5-13-24(14-6-17)28-26(30)22-11-8-21(9-12-22)16-29-27(31)20(4)25(34(29,32)33)23-10-7-18(2)19(3)15-23/h5-15H,16H2,1-4H3,(H,28,30). The average Bonchev–Trinajstić information content (AvgIpc) is 2.97. The number of aryl methyl sites for hydroxylation is 3. The molecule has 0 bridgehead atoms. The summed E-state index contributed by atoms with van der Waals surface area (Å²) in [5.41, 5.74) is 5.55. The molecule has 4 rings (SSSR count). The van der Waals surface area contributed by atoms with Crippen molar-refractivity contribution in [3.8, 4) is 0 Å². The molecule has 0 saturated heterocycles. The van der Waals surface area contributed by atoms with E-state index >= 15 is 0 Å². The molecular formula is C27H26N2O4S. The molecule has 3 aromatic carbocycles. The monoisotopic (exact) mass is 474 g/mol. The van der Waals surface area contributed by atoms with Crippen molar-refractivity contribution in [1.29, 1.82) is 0 Å². The average molecular weight is 475 g/mol. The second-order valence-electron chi connectivity index (χ2n) is 8.59. The Kier molecular flexibility index (Phi) is 6.15. The summed E-state index contributed by atoms with van der Waals surface area (Å²) in [5, 5.41) is 2.83. The minimum absolute atomic E-state index is 0.0506. The minimum atomic E-state index is -3.99. The first kappa shape index (κ1) is 23.4. The third-order valence-electron chi connectivity index (χ3n) is 6.06. The lowest BCUT2D eigenvalue weighted by Gasteiger charge is -2.17. The third kappa shape index (κ3) is 4.39. The van der Waals surface area contributed by atoms with Crippen molar-refractivity contribution < 1.29 is 18.0 Å². The van der Waals surface area contributed by atoms with Gasteiger partial charge in [-0.15, -0.1) is 0 Å². The molecule has 174 valence electrons. The largest absolute Gasteiger partial charge is 0.322 e. The van der Waals surface area contributed by atoms with Gasteiger partial charge in [0.15, 0.2) is 0 Å².